The lowest BCUT2D eigenvalue weighted by molar-refractivity contribution is 0.254. The SMILES string of the molecule is CNC(=O)Nc1cc(Oc2ccc(NC(=O)Nc3cc(O)nn3-c3ccc(CO)cc3)c3ncccc23)ccn1. The minimum absolute atomic E-state index is 0.109. The van der Waals surface area contributed by atoms with Gasteiger partial charge in [0.2, 0.25) is 5.88 Å². The van der Waals surface area contributed by atoms with Crippen molar-refractivity contribution < 1.29 is 24.5 Å². The number of hydrogen-bond donors (Lipinski definition) is 6. The second-order valence-electron chi connectivity index (χ2n) is 8.40. The molecule has 40 heavy (non-hydrogen) atoms. The van der Waals surface area contributed by atoms with Crippen LogP contribution in [0.4, 0.5) is 26.9 Å². The summed E-state index contributed by atoms with van der Waals surface area (Å²) in [5.74, 6) is 1.16. The molecule has 0 saturated heterocycles. The van der Waals surface area contributed by atoms with Gasteiger partial charge in [-0.1, -0.05) is 12.1 Å². The first-order valence-corrected chi connectivity index (χ1v) is 12.0. The number of nitrogens with one attached hydrogen (secondary N) is 4. The van der Waals surface area contributed by atoms with E-state index < -0.39 is 12.1 Å². The summed E-state index contributed by atoms with van der Waals surface area (Å²) in [7, 11) is 1.50. The Morgan fingerprint density at radius 3 is 2.52 bits per heavy atom. The molecule has 5 rings (SSSR count). The molecule has 13 nitrogen and oxygen atoms in total. The Morgan fingerprint density at radius 1 is 0.925 bits per heavy atom. The van der Waals surface area contributed by atoms with Gasteiger partial charge in [0.05, 0.1) is 23.5 Å². The summed E-state index contributed by atoms with van der Waals surface area (Å²) >= 11 is 0. The molecule has 5 aromatic rings. The van der Waals surface area contributed by atoms with Crippen molar-refractivity contribution in [3.05, 3.63) is 84.7 Å². The van der Waals surface area contributed by atoms with Crippen molar-refractivity contribution in [1.82, 2.24) is 25.1 Å². The number of aliphatic hydroxyl groups is 1. The van der Waals surface area contributed by atoms with Crippen LogP contribution in [0, 0.1) is 0 Å². The number of aliphatic hydroxyl groups excluding tert-OH is 1. The minimum Gasteiger partial charge on any atom is -0.492 e. The van der Waals surface area contributed by atoms with Crippen LogP contribution in [0.2, 0.25) is 0 Å². The van der Waals surface area contributed by atoms with E-state index in [4.69, 9.17) is 4.74 Å². The van der Waals surface area contributed by atoms with E-state index in [1.54, 1.807) is 66.9 Å². The molecule has 0 saturated carbocycles. The smallest absolute Gasteiger partial charge is 0.324 e. The summed E-state index contributed by atoms with van der Waals surface area (Å²) in [6.45, 7) is -0.109. The number of ether oxygens (including phenoxy) is 1. The Kier molecular flexibility index (Phi) is 7.37. The number of benzene rings is 2. The summed E-state index contributed by atoms with van der Waals surface area (Å²) in [5, 5.41) is 34.4. The number of amides is 4. The lowest BCUT2D eigenvalue weighted by atomic mass is 10.1. The van der Waals surface area contributed by atoms with Crippen LogP contribution in [-0.4, -0.2) is 49.1 Å². The molecule has 0 spiro atoms. The average molecular weight is 541 g/mol. The van der Waals surface area contributed by atoms with Gasteiger partial charge >= 0.3 is 12.1 Å². The molecule has 2 aromatic carbocycles. The molecule has 202 valence electrons. The Balaban J connectivity index is 1.36. The summed E-state index contributed by atoms with van der Waals surface area (Å²) in [6.07, 6.45) is 3.10. The summed E-state index contributed by atoms with van der Waals surface area (Å²) in [6, 6.07) is 17.3. The molecular formula is C27H24N8O5. The number of carbonyl (C=O) groups is 2. The summed E-state index contributed by atoms with van der Waals surface area (Å²) in [4.78, 5) is 33.1. The van der Waals surface area contributed by atoms with E-state index in [0.717, 1.165) is 0 Å². The number of aromatic nitrogens is 4. The van der Waals surface area contributed by atoms with Crippen LogP contribution < -0.4 is 26.0 Å². The van der Waals surface area contributed by atoms with E-state index in [1.807, 2.05) is 0 Å². The standard InChI is InChI=1S/C27H24N8O5/c1-28-26(38)32-22-13-18(10-12-29-22)40-21-9-8-20(25-19(21)3-2-11-30-25)31-27(39)33-23-14-24(37)34-35(23)17-6-4-16(15-36)5-7-17/h2-14,36H,15H2,1H3,(H,34,37)(H2,31,33,39)(H2,28,29,32,38). The van der Waals surface area contributed by atoms with Crippen molar-refractivity contribution in [2.24, 2.45) is 0 Å². The lowest BCUT2D eigenvalue weighted by Crippen LogP contribution is -2.24. The van der Waals surface area contributed by atoms with Gasteiger partial charge in [-0.25, -0.2) is 19.3 Å². The molecule has 0 bridgehead atoms. The van der Waals surface area contributed by atoms with Crippen molar-refractivity contribution in [3.63, 3.8) is 0 Å². The maximum Gasteiger partial charge on any atom is 0.324 e. The minimum atomic E-state index is -0.590. The molecule has 0 aliphatic carbocycles. The number of nitrogens with zero attached hydrogens (tertiary/aromatic N) is 4. The van der Waals surface area contributed by atoms with E-state index in [2.05, 4.69) is 36.3 Å². The van der Waals surface area contributed by atoms with E-state index in [9.17, 15) is 19.8 Å². The number of urea groups is 2. The number of anilines is 3. The van der Waals surface area contributed by atoms with Gasteiger partial charge in [-0.05, 0) is 48.0 Å². The van der Waals surface area contributed by atoms with Crippen LogP contribution in [0.1, 0.15) is 5.56 Å². The molecule has 0 aliphatic heterocycles. The zero-order chi connectivity index (χ0) is 28.1. The number of aromatic hydroxyl groups is 1. The number of rotatable bonds is 7. The van der Waals surface area contributed by atoms with E-state index in [0.29, 0.717) is 45.2 Å². The van der Waals surface area contributed by atoms with E-state index in [-0.39, 0.29) is 18.3 Å². The van der Waals surface area contributed by atoms with Gasteiger partial charge in [-0.3, -0.25) is 15.6 Å². The molecule has 0 atom stereocenters. The molecule has 0 aliphatic rings. The fourth-order valence-corrected chi connectivity index (χ4v) is 3.85. The van der Waals surface area contributed by atoms with Crippen molar-refractivity contribution in [2.45, 2.75) is 6.61 Å². The topological polar surface area (TPSA) is 176 Å². The largest absolute Gasteiger partial charge is 0.492 e. The van der Waals surface area contributed by atoms with Gasteiger partial charge in [0.15, 0.2) is 0 Å². The zero-order valence-corrected chi connectivity index (χ0v) is 21.1. The predicted molar refractivity (Wildman–Crippen MR) is 148 cm³/mol. The maximum atomic E-state index is 13.0. The normalized spacial score (nSPS) is 10.7. The molecule has 13 heteroatoms. The summed E-state index contributed by atoms with van der Waals surface area (Å²) in [5.41, 5.74) is 2.18. The Hall–Kier alpha value is -5.69. The predicted octanol–water partition coefficient (Wildman–Crippen LogP) is 4.20. The number of carbonyl (C=O) groups excluding carboxylic acids is 2. The first kappa shape index (κ1) is 25.9. The van der Waals surface area contributed by atoms with Gasteiger partial charge in [0.25, 0.3) is 0 Å². The van der Waals surface area contributed by atoms with Crippen LogP contribution >= 0.6 is 0 Å². The highest BCUT2D eigenvalue weighted by Crippen LogP contribution is 2.34. The van der Waals surface area contributed by atoms with Crippen molar-refractivity contribution in [1.29, 1.82) is 0 Å². The van der Waals surface area contributed by atoms with Gasteiger partial charge in [-0.15, -0.1) is 5.10 Å². The van der Waals surface area contributed by atoms with Gasteiger partial charge in [0.1, 0.15) is 23.1 Å². The third-order valence-electron chi connectivity index (χ3n) is 5.71. The fraction of sp³-hybridized carbons (Fsp3) is 0.0741. The molecule has 0 fully saturated rings. The molecule has 0 radical (unpaired) electrons. The van der Waals surface area contributed by atoms with Crippen LogP contribution in [0.15, 0.2) is 79.1 Å². The second-order valence-corrected chi connectivity index (χ2v) is 8.40. The van der Waals surface area contributed by atoms with Crippen molar-refractivity contribution in [2.75, 3.05) is 23.0 Å². The number of pyridine rings is 2. The van der Waals surface area contributed by atoms with Crippen molar-refractivity contribution >= 4 is 40.3 Å². The molecule has 4 amide bonds. The van der Waals surface area contributed by atoms with Gasteiger partial charge < -0.3 is 25.6 Å². The monoisotopic (exact) mass is 540 g/mol. The fourth-order valence-electron chi connectivity index (χ4n) is 3.85. The third-order valence-corrected chi connectivity index (χ3v) is 5.71. The number of fused-ring (bicyclic) bond motifs is 1. The number of hydrogen-bond acceptors (Lipinski definition) is 8. The Bertz CT molecular complexity index is 1690. The Labute approximate surface area is 227 Å². The molecule has 6 N–H and O–H groups in total. The van der Waals surface area contributed by atoms with Crippen LogP contribution in [0.25, 0.3) is 16.6 Å². The third kappa shape index (κ3) is 5.74. The Morgan fingerprint density at radius 2 is 1.75 bits per heavy atom. The highest BCUT2D eigenvalue weighted by atomic mass is 16.5. The second kappa shape index (κ2) is 11.4. The highest BCUT2D eigenvalue weighted by Gasteiger charge is 2.15. The molecule has 3 aromatic heterocycles. The van der Waals surface area contributed by atoms with Gasteiger partial charge in [-0.2, -0.15) is 0 Å². The first-order chi connectivity index (χ1) is 19.4. The van der Waals surface area contributed by atoms with Crippen LogP contribution in [0.5, 0.6) is 17.4 Å². The first-order valence-electron chi connectivity index (χ1n) is 12.0. The van der Waals surface area contributed by atoms with Gasteiger partial charge in [0, 0.05) is 37.0 Å². The quantitative estimate of drug-likeness (QED) is 0.178. The zero-order valence-electron chi connectivity index (χ0n) is 21.1. The highest BCUT2D eigenvalue weighted by molar-refractivity contribution is 6.06. The maximum absolute atomic E-state index is 13.0. The summed E-state index contributed by atoms with van der Waals surface area (Å²) < 4.78 is 7.42. The lowest BCUT2D eigenvalue weighted by Gasteiger charge is -2.14. The van der Waals surface area contributed by atoms with Crippen molar-refractivity contribution in [3.8, 4) is 23.1 Å². The van der Waals surface area contributed by atoms with E-state index in [1.165, 1.54) is 24.0 Å². The van der Waals surface area contributed by atoms with Crippen LogP contribution in [0.3, 0.4) is 0 Å². The average Bonchev–Trinajstić information content (AvgIpc) is 3.33. The molecule has 3 heterocycles. The van der Waals surface area contributed by atoms with E-state index >= 15 is 0 Å². The van der Waals surface area contributed by atoms with Crippen LogP contribution in [-0.2, 0) is 6.61 Å². The molecular weight excluding hydrogens is 516 g/mol. The molecule has 0 unspecified atom stereocenters.